The molecule has 0 fully saturated rings. The summed E-state index contributed by atoms with van der Waals surface area (Å²) in [7, 11) is 0. The molecule has 0 saturated heterocycles. The second-order valence-corrected chi connectivity index (χ2v) is 15.7. The van der Waals surface area contributed by atoms with Gasteiger partial charge < -0.3 is 14.2 Å². The summed E-state index contributed by atoms with van der Waals surface area (Å²) in [5, 5.41) is 0. The molecule has 0 rings (SSSR count). The predicted molar refractivity (Wildman–Crippen MR) is 233 cm³/mol. The number of allylic oxidation sites excluding steroid dienone is 6. The minimum atomic E-state index is -0.773. The maximum absolute atomic E-state index is 12.7. The van der Waals surface area contributed by atoms with Crippen molar-refractivity contribution < 1.29 is 28.6 Å². The normalized spacial score (nSPS) is 12.3. The maximum atomic E-state index is 12.7. The molecule has 55 heavy (non-hydrogen) atoms. The van der Waals surface area contributed by atoms with E-state index in [9.17, 15) is 14.4 Å². The van der Waals surface area contributed by atoms with Crippen molar-refractivity contribution in [2.24, 2.45) is 0 Å². The number of carbonyl (C=O) groups is 3. The average Bonchev–Trinajstić information content (AvgIpc) is 3.18. The van der Waals surface area contributed by atoms with Gasteiger partial charge in [-0.1, -0.05) is 179 Å². The van der Waals surface area contributed by atoms with Crippen LogP contribution < -0.4 is 0 Å². The van der Waals surface area contributed by atoms with Gasteiger partial charge in [0.2, 0.25) is 0 Å². The molecule has 1 unspecified atom stereocenters. The third kappa shape index (κ3) is 42.6. The molecule has 1 atom stereocenters. The summed E-state index contributed by atoms with van der Waals surface area (Å²) in [6.45, 7) is 6.54. The molecular weight excluding hydrogens is 685 g/mol. The monoisotopic (exact) mass is 773 g/mol. The summed E-state index contributed by atoms with van der Waals surface area (Å²) >= 11 is 0. The van der Waals surface area contributed by atoms with Crippen molar-refractivity contribution in [2.45, 2.75) is 245 Å². The summed E-state index contributed by atoms with van der Waals surface area (Å²) in [6, 6.07) is 0. The molecule has 0 aliphatic heterocycles. The van der Waals surface area contributed by atoms with Crippen molar-refractivity contribution in [3.63, 3.8) is 0 Å². The van der Waals surface area contributed by atoms with E-state index in [0.29, 0.717) is 19.3 Å². The molecule has 0 aromatic carbocycles. The Kier molecular flexibility index (Phi) is 42.4. The molecule has 6 heteroatoms. The molecular formula is C49H88O6. The number of unbranched alkanes of at least 4 members (excludes halogenated alkanes) is 25. The maximum Gasteiger partial charge on any atom is 0.306 e. The zero-order chi connectivity index (χ0) is 40.1. The minimum absolute atomic E-state index is 0.0769. The largest absolute Gasteiger partial charge is 0.462 e. The van der Waals surface area contributed by atoms with Gasteiger partial charge >= 0.3 is 17.9 Å². The van der Waals surface area contributed by atoms with Crippen LogP contribution in [0.25, 0.3) is 0 Å². The van der Waals surface area contributed by atoms with Crippen LogP contribution in [0.1, 0.15) is 239 Å². The van der Waals surface area contributed by atoms with Gasteiger partial charge in [0.25, 0.3) is 0 Å². The topological polar surface area (TPSA) is 78.9 Å². The van der Waals surface area contributed by atoms with E-state index in [1.54, 1.807) is 0 Å². The Hall–Kier alpha value is -2.37. The highest BCUT2D eigenvalue weighted by Crippen LogP contribution is 2.14. The van der Waals surface area contributed by atoms with Crippen LogP contribution in [0, 0.1) is 0 Å². The Morgan fingerprint density at radius 2 is 0.655 bits per heavy atom. The zero-order valence-corrected chi connectivity index (χ0v) is 36.4. The van der Waals surface area contributed by atoms with Gasteiger partial charge in [-0.2, -0.15) is 0 Å². The Morgan fingerprint density at radius 1 is 0.364 bits per heavy atom. The first-order chi connectivity index (χ1) is 27.0. The molecule has 0 N–H and O–H groups in total. The van der Waals surface area contributed by atoms with Crippen LogP contribution in [0.2, 0.25) is 0 Å². The number of ether oxygens (including phenoxy) is 3. The van der Waals surface area contributed by atoms with Gasteiger partial charge in [-0.15, -0.1) is 0 Å². The van der Waals surface area contributed by atoms with E-state index in [1.165, 1.54) is 116 Å². The lowest BCUT2D eigenvalue weighted by atomic mass is 10.1. The van der Waals surface area contributed by atoms with Gasteiger partial charge in [0.15, 0.2) is 6.10 Å². The van der Waals surface area contributed by atoms with Crippen molar-refractivity contribution in [2.75, 3.05) is 13.2 Å². The lowest BCUT2D eigenvalue weighted by Gasteiger charge is -2.18. The van der Waals surface area contributed by atoms with Crippen molar-refractivity contribution in [1.29, 1.82) is 0 Å². The van der Waals surface area contributed by atoms with E-state index < -0.39 is 6.10 Å². The quantitative estimate of drug-likeness (QED) is 0.0266. The third-order valence-electron chi connectivity index (χ3n) is 10.1. The molecule has 320 valence electrons. The highest BCUT2D eigenvalue weighted by molar-refractivity contribution is 5.71. The molecule has 0 radical (unpaired) electrons. The first-order valence-electron chi connectivity index (χ1n) is 23.5. The van der Waals surface area contributed by atoms with E-state index in [1.807, 2.05) is 0 Å². The summed E-state index contributed by atoms with van der Waals surface area (Å²) in [4.78, 5) is 37.6. The summed E-state index contributed by atoms with van der Waals surface area (Å²) in [6.07, 6.45) is 49.9. The highest BCUT2D eigenvalue weighted by atomic mass is 16.6. The fourth-order valence-electron chi connectivity index (χ4n) is 6.52. The lowest BCUT2D eigenvalue weighted by Crippen LogP contribution is -2.30. The first-order valence-corrected chi connectivity index (χ1v) is 23.5. The van der Waals surface area contributed by atoms with Crippen molar-refractivity contribution in [3.05, 3.63) is 36.5 Å². The van der Waals surface area contributed by atoms with Gasteiger partial charge in [-0.3, -0.25) is 14.4 Å². The number of hydrogen-bond donors (Lipinski definition) is 0. The van der Waals surface area contributed by atoms with E-state index in [-0.39, 0.29) is 31.1 Å². The van der Waals surface area contributed by atoms with E-state index in [4.69, 9.17) is 14.2 Å². The van der Waals surface area contributed by atoms with E-state index in [2.05, 4.69) is 57.2 Å². The zero-order valence-electron chi connectivity index (χ0n) is 36.4. The van der Waals surface area contributed by atoms with Crippen LogP contribution in [-0.4, -0.2) is 37.2 Å². The van der Waals surface area contributed by atoms with Crippen LogP contribution in [0.5, 0.6) is 0 Å². The van der Waals surface area contributed by atoms with Gasteiger partial charge in [-0.25, -0.2) is 0 Å². The molecule has 0 amide bonds. The highest BCUT2D eigenvalue weighted by Gasteiger charge is 2.19. The molecule has 0 heterocycles. The molecule has 0 saturated carbocycles. The summed E-state index contributed by atoms with van der Waals surface area (Å²) < 4.78 is 16.7. The number of hydrogen-bond acceptors (Lipinski definition) is 6. The number of rotatable bonds is 42. The molecule has 0 aliphatic carbocycles. The fourth-order valence-corrected chi connectivity index (χ4v) is 6.52. The second kappa shape index (κ2) is 44.3. The standard InChI is InChI=1S/C49H88O6/c1-4-7-10-13-16-18-20-22-23-24-25-27-28-30-33-36-39-42-48(51)54-45-46(44-53-47(50)41-38-35-32-15-12-9-6-3)55-49(52)43-40-37-34-31-29-26-21-19-17-14-11-8-5-2/h16,18-19,21-23,46H,4-15,17,20,24-45H2,1-3H3/b18-16-,21-19-,23-22-. The van der Waals surface area contributed by atoms with E-state index in [0.717, 1.165) is 83.5 Å². The summed E-state index contributed by atoms with van der Waals surface area (Å²) in [5.74, 6) is -0.898. The van der Waals surface area contributed by atoms with Gasteiger partial charge in [0.1, 0.15) is 13.2 Å². The van der Waals surface area contributed by atoms with Crippen molar-refractivity contribution in [1.82, 2.24) is 0 Å². The Morgan fingerprint density at radius 3 is 1.07 bits per heavy atom. The van der Waals surface area contributed by atoms with Gasteiger partial charge in [0, 0.05) is 19.3 Å². The van der Waals surface area contributed by atoms with Crippen LogP contribution in [0.4, 0.5) is 0 Å². The Labute approximate surface area is 340 Å². The van der Waals surface area contributed by atoms with Crippen LogP contribution in [0.3, 0.4) is 0 Å². The average molecular weight is 773 g/mol. The number of carbonyl (C=O) groups excluding carboxylic acids is 3. The molecule has 6 nitrogen and oxygen atoms in total. The Balaban J connectivity index is 4.29. The van der Waals surface area contributed by atoms with Crippen LogP contribution >= 0.6 is 0 Å². The summed E-state index contributed by atoms with van der Waals surface area (Å²) in [5.41, 5.74) is 0. The third-order valence-corrected chi connectivity index (χ3v) is 10.1. The Bertz CT molecular complexity index is 938. The molecule has 0 aromatic rings. The van der Waals surface area contributed by atoms with Gasteiger partial charge in [-0.05, 0) is 77.0 Å². The minimum Gasteiger partial charge on any atom is -0.462 e. The second-order valence-electron chi connectivity index (χ2n) is 15.7. The van der Waals surface area contributed by atoms with Crippen molar-refractivity contribution in [3.8, 4) is 0 Å². The molecule has 0 aromatic heterocycles. The van der Waals surface area contributed by atoms with E-state index >= 15 is 0 Å². The SMILES string of the molecule is CCCCC/C=C\C/C=C\CCCCCCCCCC(=O)OCC(COC(=O)CCCCCCCCC)OC(=O)CCCCCCC/C=C\CCCCCC. The fraction of sp³-hybridized carbons (Fsp3) is 0.816. The van der Waals surface area contributed by atoms with Crippen molar-refractivity contribution >= 4 is 17.9 Å². The molecule has 0 bridgehead atoms. The molecule has 0 spiro atoms. The van der Waals surface area contributed by atoms with Crippen LogP contribution in [0.15, 0.2) is 36.5 Å². The molecule has 0 aliphatic rings. The predicted octanol–water partition coefficient (Wildman–Crippen LogP) is 15.0. The smallest absolute Gasteiger partial charge is 0.306 e. The van der Waals surface area contributed by atoms with Gasteiger partial charge in [0.05, 0.1) is 0 Å². The van der Waals surface area contributed by atoms with Crippen LogP contribution in [-0.2, 0) is 28.6 Å². The first kappa shape index (κ1) is 52.6. The number of esters is 3. The lowest BCUT2D eigenvalue weighted by molar-refractivity contribution is -0.167.